The summed E-state index contributed by atoms with van der Waals surface area (Å²) in [4.78, 5) is 4.40. The minimum atomic E-state index is -0.174. The van der Waals surface area contributed by atoms with Crippen LogP contribution in [0.2, 0.25) is 0 Å². The molecule has 1 fully saturated rings. The van der Waals surface area contributed by atoms with E-state index in [1.54, 1.807) is 4.68 Å². The fourth-order valence-corrected chi connectivity index (χ4v) is 2.70. The molecule has 2 aromatic heterocycles. The van der Waals surface area contributed by atoms with Crippen LogP contribution in [0.4, 0.5) is 0 Å². The molecule has 1 saturated carbocycles. The van der Waals surface area contributed by atoms with Gasteiger partial charge in [0.2, 0.25) is 11.7 Å². The van der Waals surface area contributed by atoms with E-state index in [-0.39, 0.29) is 5.54 Å². The molecule has 2 N–H and O–H groups in total. The third-order valence-corrected chi connectivity index (χ3v) is 3.76. The first-order valence-electron chi connectivity index (χ1n) is 6.76. The maximum absolute atomic E-state index is 6.40. The molecule has 2 heterocycles. The highest BCUT2D eigenvalue weighted by Gasteiger charge is 2.30. The van der Waals surface area contributed by atoms with Crippen LogP contribution in [0.15, 0.2) is 16.8 Å². The van der Waals surface area contributed by atoms with Gasteiger partial charge in [-0.1, -0.05) is 24.4 Å². The van der Waals surface area contributed by atoms with E-state index in [0.717, 1.165) is 18.5 Å². The van der Waals surface area contributed by atoms with Crippen molar-refractivity contribution in [1.29, 1.82) is 0 Å². The van der Waals surface area contributed by atoms with E-state index in [2.05, 4.69) is 15.2 Å². The molecule has 0 aromatic carbocycles. The van der Waals surface area contributed by atoms with Crippen LogP contribution in [-0.4, -0.2) is 25.5 Å². The van der Waals surface area contributed by atoms with Crippen LogP contribution in [0, 0.1) is 0 Å². The molecule has 0 amide bonds. The quantitative estimate of drug-likeness (QED) is 0.908. The normalized spacial score (nSPS) is 18.6. The first-order chi connectivity index (χ1) is 9.15. The lowest BCUT2D eigenvalue weighted by Gasteiger charge is -2.31. The van der Waals surface area contributed by atoms with Gasteiger partial charge in [0.1, 0.15) is 5.69 Å². The summed E-state index contributed by atoms with van der Waals surface area (Å²) < 4.78 is 7.03. The van der Waals surface area contributed by atoms with Crippen LogP contribution in [-0.2, 0) is 13.5 Å². The Morgan fingerprint density at radius 3 is 2.84 bits per heavy atom. The van der Waals surface area contributed by atoms with Crippen molar-refractivity contribution < 1.29 is 4.52 Å². The lowest BCUT2D eigenvalue weighted by atomic mass is 9.80. The molecular formula is C13H19N5O. The predicted molar refractivity (Wildman–Crippen MR) is 70.2 cm³/mol. The van der Waals surface area contributed by atoms with E-state index in [1.807, 2.05) is 19.3 Å². The third kappa shape index (κ3) is 2.68. The number of aryl methyl sites for hydroxylation is 1. The van der Waals surface area contributed by atoms with Crippen LogP contribution >= 0.6 is 0 Å². The summed E-state index contributed by atoms with van der Waals surface area (Å²) in [6.45, 7) is 0. The average molecular weight is 261 g/mol. The van der Waals surface area contributed by atoms with Gasteiger partial charge in [-0.25, -0.2) is 0 Å². The summed E-state index contributed by atoms with van der Waals surface area (Å²) in [7, 11) is 1.86. The second kappa shape index (κ2) is 4.77. The number of rotatable bonds is 3. The minimum absolute atomic E-state index is 0.174. The number of hydrogen-bond acceptors (Lipinski definition) is 5. The van der Waals surface area contributed by atoms with Crippen LogP contribution in [0.3, 0.4) is 0 Å². The van der Waals surface area contributed by atoms with Gasteiger partial charge < -0.3 is 10.3 Å². The Balaban J connectivity index is 1.74. The van der Waals surface area contributed by atoms with Gasteiger partial charge in [0, 0.05) is 25.2 Å². The Morgan fingerprint density at radius 2 is 2.16 bits per heavy atom. The van der Waals surface area contributed by atoms with E-state index >= 15 is 0 Å². The topological polar surface area (TPSA) is 82.8 Å². The van der Waals surface area contributed by atoms with Gasteiger partial charge >= 0.3 is 0 Å². The summed E-state index contributed by atoms with van der Waals surface area (Å²) in [5, 5.41) is 8.24. The van der Waals surface area contributed by atoms with Crippen molar-refractivity contribution in [3.63, 3.8) is 0 Å². The molecule has 6 nitrogen and oxygen atoms in total. The standard InChI is InChI=1S/C13H19N5O/c1-18-8-5-10(16-18)12-15-11(19-17-12)9-13(14)6-3-2-4-7-13/h5,8H,2-4,6-7,9,14H2,1H3. The smallest absolute Gasteiger partial charge is 0.228 e. The summed E-state index contributed by atoms with van der Waals surface area (Å²) in [6, 6.07) is 1.87. The Morgan fingerprint density at radius 1 is 1.37 bits per heavy atom. The monoisotopic (exact) mass is 261 g/mol. The molecule has 0 unspecified atom stereocenters. The maximum atomic E-state index is 6.40. The lowest BCUT2D eigenvalue weighted by Crippen LogP contribution is -2.43. The first kappa shape index (κ1) is 12.3. The van der Waals surface area contributed by atoms with E-state index in [4.69, 9.17) is 10.3 Å². The molecular weight excluding hydrogens is 242 g/mol. The van der Waals surface area contributed by atoms with Gasteiger partial charge in [0.05, 0.1) is 0 Å². The number of nitrogens with zero attached hydrogens (tertiary/aromatic N) is 4. The van der Waals surface area contributed by atoms with E-state index in [1.165, 1.54) is 19.3 Å². The summed E-state index contributed by atoms with van der Waals surface area (Å²) in [5.74, 6) is 1.15. The van der Waals surface area contributed by atoms with Crippen molar-refractivity contribution in [2.75, 3.05) is 0 Å². The van der Waals surface area contributed by atoms with Crippen molar-refractivity contribution in [3.8, 4) is 11.5 Å². The molecule has 2 aromatic rings. The summed E-state index contributed by atoms with van der Waals surface area (Å²) in [6.07, 6.45) is 8.25. The minimum Gasteiger partial charge on any atom is -0.339 e. The van der Waals surface area contributed by atoms with Crippen LogP contribution in [0.25, 0.3) is 11.5 Å². The molecule has 1 aliphatic carbocycles. The first-order valence-corrected chi connectivity index (χ1v) is 6.76. The fourth-order valence-electron chi connectivity index (χ4n) is 2.70. The zero-order chi connectivity index (χ0) is 13.3. The number of hydrogen-bond donors (Lipinski definition) is 1. The largest absolute Gasteiger partial charge is 0.339 e. The van der Waals surface area contributed by atoms with Gasteiger partial charge in [0.25, 0.3) is 0 Å². The molecule has 0 aliphatic heterocycles. The molecule has 102 valence electrons. The summed E-state index contributed by atoms with van der Waals surface area (Å²) in [5.41, 5.74) is 6.95. The van der Waals surface area contributed by atoms with Crippen molar-refractivity contribution in [3.05, 3.63) is 18.2 Å². The highest BCUT2D eigenvalue weighted by molar-refractivity contribution is 5.46. The predicted octanol–water partition coefficient (Wildman–Crippen LogP) is 1.67. The zero-order valence-corrected chi connectivity index (χ0v) is 11.2. The van der Waals surface area contributed by atoms with Gasteiger partial charge in [0.15, 0.2) is 0 Å². The van der Waals surface area contributed by atoms with Crippen molar-refractivity contribution in [2.45, 2.75) is 44.1 Å². The molecule has 0 saturated heterocycles. The molecule has 0 bridgehead atoms. The van der Waals surface area contributed by atoms with Crippen LogP contribution in [0.1, 0.15) is 38.0 Å². The maximum Gasteiger partial charge on any atom is 0.228 e. The van der Waals surface area contributed by atoms with Gasteiger partial charge in [-0.05, 0) is 18.9 Å². The molecule has 19 heavy (non-hydrogen) atoms. The van der Waals surface area contributed by atoms with Crippen molar-refractivity contribution >= 4 is 0 Å². The fraction of sp³-hybridized carbons (Fsp3) is 0.615. The summed E-state index contributed by atoms with van der Waals surface area (Å²) >= 11 is 0. The molecule has 0 spiro atoms. The van der Waals surface area contributed by atoms with E-state index in [9.17, 15) is 0 Å². The van der Waals surface area contributed by atoms with E-state index in [0.29, 0.717) is 18.1 Å². The second-order valence-corrected chi connectivity index (χ2v) is 5.49. The lowest BCUT2D eigenvalue weighted by molar-refractivity contribution is 0.261. The second-order valence-electron chi connectivity index (χ2n) is 5.49. The molecule has 0 radical (unpaired) electrons. The van der Waals surface area contributed by atoms with Crippen molar-refractivity contribution in [2.24, 2.45) is 12.8 Å². The third-order valence-electron chi connectivity index (χ3n) is 3.76. The number of nitrogens with two attached hydrogens (primary N) is 1. The molecule has 3 rings (SSSR count). The highest BCUT2D eigenvalue weighted by atomic mass is 16.5. The Hall–Kier alpha value is -1.69. The van der Waals surface area contributed by atoms with Gasteiger partial charge in [-0.2, -0.15) is 10.1 Å². The average Bonchev–Trinajstić information content (AvgIpc) is 2.98. The molecule has 6 heteroatoms. The van der Waals surface area contributed by atoms with Gasteiger partial charge in [-0.3, -0.25) is 4.68 Å². The Labute approximate surface area is 112 Å². The zero-order valence-electron chi connectivity index (χ0n) is 11.2. The van der Waals surface area contributed by atoms with Crippen molar-refractivity contribution in [1.82, 2.24) is 19.9 Å². The SMILES string of the molecule is Cn1ccc(-c2noc(CC3(N)CCCCC3)n2)n1. The Kier molecular flexibility index (Phi) is 3.10. The highest BCUT2D eigenvalue weighted by Crippen LogP contribution is 2.29. The molecule has 0 atom stereocenters. The van der Waals surface area contributed by atoms with Crippen LogP contribution < -0.4 is 5.73 Å². The Bertz CT molecular complexity index is 553. The van der Waals surface area contributed by atoms with E-state index < -0.39 is 0 Å². The number of aromatic nitrogens is 4. The van der Waals surface area contributed by atoms with Gasteiger partial charge in [-0.15, -0.1) is 0 Å². The molecule has 1 aliphatic rings. The van der Waals surface area contributed by atoms with Crippen LogP contribution in [0.5, 0.6) is 0 Å².